The summed E-state index contributed by atoms with van der Waals surface area (Å²) in [7, 11) is 0. The highest BCUT2D eigenvalue weighted by Crippen LogP contribution is 2.31. The summed E-state index contributed by atoms with van der Waals surface area (Å²) in [5.41, 5.74) is -4.63. The van der Waals surface area contributed by atoms with Crippen LogP contribution in [0.5, 0.6) is 5.75 Å². The van der Waals surface area contributed by atoms with E-state index in [9.17, 15) is 22.2 Å². The van der Waals surface area contributed by atoms with Crippen LogP contribution in [0.2, 0.25) is 0 Å². The van der Waals surface area contributed by atoms with Gasteiger partial charge in [0.15, 0.2) is 6.29 Å². The second-order valence-electron chi connectivity index (χ2n) is 3.58. The van der Waals surface area contributed by atoms with E-state index in [1.165, 1.54) is 18.2 Å². The van der Waals surface area contributed by atoms with Gasteiger partial charge in [0.05, 0.1) is 0 Å². The van der Waals surface area contributed by atoms with E-state index in [0.717, 1.165) is 0 Å². The number of alkyl halides is 3. The highest BCUT2D eigenvalue weighted by molar-refractivity contribution is 7.81. The fourth-order valence-electron chi connectivity index (χ4n) is 1.60. The summed E-state index contributed by atoms with van der Waals surface area (Å²) in [6, 6.07) is 8.79. The van der Waals surface area contributed by atoms with Crippen molar-refractivity contribution in [1.82, 2.24) is 0 Å². The summed E-state index contributed by atoms with van der Waals surface area (Å²) in [6.45, 7) is 0. The molecule has 0 N–H and O–H groups in total. The molecule has 0 aliphatic carbocycles. The Kier molecular flexibility index (Phi) is 3.57. The lowest BCUT2D eigenvalue weighted by atomic mass is 10.0. The number of fused-ring (bicyclic) bond motifs is 1. The molecule has 0 spiro atoms. The van der Waals surface area contributed by atoms with Gasteiger partial charge in [-0.15, -0.1) is 0 Å². The quantitative estimate of drug-likeness (QED) is 0.814. The van der Waals surface area contributed by atoms with Gasteiger partial charge in [0.25, 0.3) is 0 Å². The molecule has 0 bridgehead atoms. The van der Waals surface area contributed by atoms with Crippen LogP contribution in [0.25, 0.3) is 10.8 Å². The smallest absolute Gasteiger partial charge is 0.394 e. The maximum absolute atomic E-state index is 12.2. The van der Waals surface area contributed by atoms with Crippen molar-refractivity contribution in [2.45, 2.75) is 5.51 Å². The average molecular weight is 288 g/mol. The zero-order valence-electron chi connectivity index (χ0n) is 9.31. The first kappa shape index (κ1) is 13.5. The van der Waals surface area contributed by atoms with Crippen LogP contribution in [-0.4, -0.2) is 16.0 Å². The maximum atomic E-state index is 12.2. The van der Waals surface area contributed by atoms with Crippen molar-refractivity contribution in [3.8, 4) is 5.75 Å². The number of benzene rings is 2. The van der Waals surface area contributed by atoms with E-state index in [1.807, 2.05) is 0 Å². The van der Waals surface area contributed by atoms with Crippen molar-refractivity contribution in [3.05, 3.63) is 42.0 Å². The molecule has 3 nitrogen and oxygen atoms in total. The molecule has 2 rings (SSSR count). The lowest BCUT2D eigenvalue weighted by Crippen LogP contribution is -2.21. The van der Waals surface area contributed by atoms with Crippen LogP contribution in [-0.2, 0) is 11.1 Å². The summed E-state index contributed by atoms with van der Waals surface area (Å²) in [5, 5.41) is 0.735. The second kappa shape index (κ2) is 5.00. The summed E-state index contributed by atoms with van der Waals surface area (Å²) in [4.78, 5) is 10.8. The van der Waals surface area contributed by atoms with Crippen LogP contribution in [0.15, 0.2) is 36.4 Å². The van der Waals surface area contributed by atoms with Gasteiger partial charge in [0, 0.05) is 10.9 Å². The summed E-state index contributed by atoms with van der Waals surface area (Å²) >= 11 is -3.44. The monoisotopic (exact) mass is 288 g/mol. The molecule has 0 saturated carbocycles. The zero-order chi connectivity index (χ0) is 14.0. The fraction of sp³-hybridized carbons (Fsp3) is 0.0833. The predicted molar refractivity (Wildman–Crippen MR) is 64.2 cm³/mol. The van der Waals surface area contributed by atoms with E-state index in [-0.39, 0.29) is 5.75 Å². The molecule has 19 heavy (non-hydrogen) atoms. The zero-order valence-corrected chi connectivity index (χ0v) is 10.1. The van der Waals surface area contributed by atoms with Crippen molar-refractivity contribution in [3.63, 3.8) is 0 Å². The first-order valence-corrected chi connectivity index (χ1v) is 6.15. The molecule has 0 amide bonds. The molecular formula is C12H7F3O3S. The molecule has 0 aromatic heterocycles. The third-order valence-corrected chi connectivity index (χ3v) is 3.11. The molecule has 2 aromatic carbocycles. The number of hydrogen-bond donors (Lipinski definition) is 0. The molecule has 7 heteroatoms. The molecule has 0 radical (unpaired) electrons. The Labute approximate surface area is 108 Å². The Balaban J connectivity index is 2.51. The van der Waals surface area contributed by atoms with E-state index >= 15 is 0 Å². The fourth-order valence-corrected chi connectivity index (χ4v) is 2.00. The highest BCUT2D eigenvalue weighted by Gasteiger charge is 2.40. The molecule has 2 aromatic rings. The van der Waals surface area contributed by atoms with Gasteiger partial charge in [-0.3, -0.25) is 4.79 Å². The standard InChI is InChI=1S/C12H7F3O3S/c13-12(14,15)19(17)18-11-6-5-8(7-16)9-3-1-2-4-10(9)11/h1-7H. The van der Waals surface area contributed by atoms with Gasteiger partial charge in [0.1, 0.15) is 5.75 Å². The lowest BCUT2D eigenvalue weighted by Gasteiger charge is -2.10. The average Bonchev–Trinajstić information content (AvgIpc) is 2.38. The van der Waals surface area contributed by atoms with E-state index < -0.39 is 16.6 Å². The van der Waals surface area contributed by atoms with Gasteiger partial charge in [-0.2, -0.15) is 13.2 Å². The van der Waals surface area contributed by atoms with Crippen molar-refractivity contribution in [1.29, 1.82) is 0 Å². The molecule has 0 heterocycles. The van der Waals surface area contributed by atoms with Gasteiger partial charge in [-0.1, -0.05) is 24.3 Å². The Hall–Kier alpha value is -1.89. The van der Waals surface area contributed by atoms with Crippen LogP contribution < -0.4 is 4.18 Å². The number of aldehydes is 1. The van der Waals surface area contributed by atoms with Gasteiger partial charge < -0.3 is 4.18 Å². The number of carbonyl (C=O) groups is 1. The maximum Gasteiger partial charge on any atom is 0.508 e. The summed E-state index contributed by atoms with van der Waals surface area (Å²) in [5.74, 6) is -0.183. The first-order chi connectivity index (χ1) is 8.93. The minimum atomic E-state index is -4.95. The lowest BCUT2D eigenvalue weighted by molar-refractivity contribution is -0.0437. The largest absolute Gasteiger partial charge is 0.508 e. The highest BCUT2D eigenvalue weighted by atomic mass is 32.2. The van der Waals surface area contributed by atoms with Gasteiger partial charge in [-0.05, 0) is 17.5 Å². The van der Waals surface area contributed by atoms with Crippen molar-refractivity contribution >= 4 is 28.1 Å². The number of carbonyl (C=O) groups excluding carboxylic acids is 1. The molecule has 0 aliphatic rings. The second-order valence-corrected chi connectivity index (χ2v) is 4.68. The Bertz CT molecular complexity index is 652. The van der Waals surface area contributed by atoms with Gasteiger partial charge in [0.2, 0.25) is 0 Å². The van der Waals surface area contributed by atoms with Gasteiger partial charge in [-0.25, -0.2) is 4.21 Å². The Morgan fingerprint density at radius 3 is 2.26 bits per heavy atom. The van der Waals surface area contributed by atoms with E-state index in [0.29, 0.717) is 22.6 Å². The molecule has 100 valence electrons. The molecule has 1 unspecified atom stereocenters. The van der Waals surface area contributed by atoms with Crippen molar-refractivity contribution in [2.24, 2.45) is 0 Å². The number of rotatable bonds is 3. The summed E-state index contributed by atoms with van der Waals surface area (Å²) in [6.07, 6.45) is 0.590. The normalized spacial score (nSPS) is 13.2. The molecule has 1 atom stereocenters. The summed E-state index contributed by atoms with van der Waals surface area (Å²) < 4.78 is 51.9. The van der Waals surface area contributed by atoms with E-state index in [1.54, 1.807) is 18.2 Å². The first-order valence-electron chi connectivity index (χ1n) is 5.07. The Morgan fingerprint density at radius 1 is 1.05 bits per heavy atom. The minimum absolute atomic E-state index is 0.183. The van der Waals surface area contributed by atoms with Crippen LogP contribution in [0.3, 0.4) is 0 Å². The van der Waals surface area contributed by atoms with Crippen molar-refractivity contribution in [2.75, 3.05) is 0 Å². The number of hydrogen-bond acceptors (Lipinski definition) is 3. The van der Waals surface area contributed by atoms with Gasteiger partial charge >= 0.3 is 16.6 Å². The number of halogens is 3. The SMILES string of the molecule is O=Cc1ccc(OS(=O)C(F)(F)F)c2ccccc12. The third kappa shape index (κ3) is 2.76. The van der Waals surface area contributed by atoms with E-state index in [4.69, 9.17) is 0 Å². The molecule has 0 fully saturated rings. The molecule has 0 saturated heterocycles. The Morgan fingerprint density at radius 2 is 1.68 bits per heavy atom. The van der Waals surface area contributed by atoms with Crippen LogP contribution in [0, 0.1) is 0 Å². The third-order valence-electron chi connectivity index (χ3n) is 2.40. The van der Waals surface area contributed by atoms with E-state index in [2.05, 4.69) is 4.18 Å². The van der Waals surface area contributed by atoms with Crippen LogP contribution in [0.1, 0.15) is 10.4 Å². The minimum Gasteiger partial charge on any atom is -0.394 e. The van der Waals surface area contributed by atoms with Crippen LogP contribution in [0.4, 0.5) is 13.2 Å². The van der Waals surface area contributed by atoms with Crippen LogP contribution >= 0.6 is 0 Å². The van der Waals surface area contributed by atoms with Crippen molar-refractivity contribution < 1.29 is 26.4 Å². The topological polar surface area (TPSA) is 43.4 Å². The predicted octanol–water partition coefficient (Wildman–Crippen LogP) is 3.21. The molecule has 0 aliphatic heterocycles. The molecular weight excluding hydrogens is 281 g/mol.